The maximum Gasteiger partial charge on any atom is 0.244 e. The Morgan fingerprint density at radius 3 is 3.32 bits per heavy atom. The number of H-pyrrole nitrogens is 1. The number of rotatable bonds is 3. The zero-order valence-electron chi connectivity index (χ0n) is 10.7. The lowest BCUT2D eigenvalue weighted by Gasteiger charge is -2.29. The van der Waals surface area contributed by atoms with Crippen LogP contribution in [0.5, 0.6) is 0 Å². The molecule has 2 N–H and O–H groups in total. The molecule has 0 aromatic carbocycles. The first-order chi connectivity index (χ1) is 9.10. The fraction of sp³-hybridized carbons (Fsp3) is 0.583. The standard InChI is InChI=1S/C12H16N4O2S/c1-12-4-2-10(17)16(12)9(7-19-12)11(18)13-6-8-3-5-14-15-8/h3,5,9H,2,4,6-7H2,1H3,(H,13,18)(H,14,15)/t9-,12+/m0/s1. The summed E-state index contributed by atoms with van der Waals surface area (Å²) in [5.74, 6) is 0.687. The van der Waals surface area contributed by atoms with Crippen molar-refractivity contribution in [1.82, 2.24) is 20.4 Å². The number of nitrogens with one attached hydrogen (secondary N) is 2. The van der Waals surface area contributed by atoms with E-state index >= 15 is 0 Å². The number of fused-ring (bicyclic) bond motifs is 1. The van der Waals surface area contributed by atoms with E-state index < -0.39 is 0 Å². The van der Waals surface area contributed by atoms with E-state index in [1.165, 1.54) is 0 Å². The van der Waals surface area contributed by atoms with E-state index in [1.807, 2.05) is 13.0 Å². The summed E-state index contributed by atoms with van der Waals surface area (Å²) in [6, 6.07) is 1.47. The molecule has 2 amide bonds. The van der Waals surface area contributed by atoms with Crippen molar-refractivity contribution in [2.45, 2.75) is 37.2 Å². The second kappa shape index (κ2) is 4.56. The van der Waals surface area contributed by atoms with E-state index in [9.17, 15) is 9.59 Å². The molecule has 1 aromatic heterocycles. The Kier molecular flexibility index (Phi) is 3.00. The van der Waals surface area contributed by atoms with Crippen LogP contribution in [0.25, 0.3) is 0 Å². The summed E-state index contributed by atoms with van der Waals surface area (Å²) >= 11 is 1.70. The maximum absolute atomic E-state index is 12.2. The fourth-order valence-electron chi connectivity index (χ4n) is 2.70. The molecule has 0 spiro atoms. The first-order valence-electron chi connectivity index (χ1n) is 6.32. The van der Waals surface area contributed by atoms with Crippen LogP contribution >= 0.6 is 11.8 Å². The number of aromatic amines is 1. The fourth-order valence-corrected chi connectivity index (χ4v) is 4.13. The number of aromatic nitrogens is 2. The molecular formula is C12H16N4O2S. The molecule has 0 radical (unpaired) electrons. The molecule has 102 valence electrons. The van der Waals surface area contributed by atoms with Crippen molar-refractivity contribution in [3.63, 3.8) is 0 Å². The highest BCUT2D eigenvalue weighted by Gasteiger charge is 2.52. The zero-order chi connectivity index (χ0) is 13.5. The molecule has 2 aliphatic rings. The third-order valence-electron chi connectivity index (χ3n) is 3.76. The smallest absolute Gasteiger partial charge is 0.244 e. The molecular weight excluding hydrogens is 264 g/mol. The van der Waals surface area contributed by atoms with Crippen LogP contribution in [0.3, 0.4) is 0 Å². The summed E-state index contributed by atoms with van der Waals surface area (Å²) in [7, 11) is 0. The number of amides is 2. The average Bonchev–Trinajstić information content (AvgIpc) is 3.06. The number of nitrogens with zero attached hydrogens (tertiary/aromatic N) is 2. The molecule has 1 aromatic rings. The predicted octanol–water partition coefficient (Wildman–Crippen LogP) is 0.480. The first-order valence-corrected chi connectivity index (χ1v) is 7.31. The largest absolute Gasteiger partial charge is 0.349 e. The number of hydrogen-bond acceptors (Lipinski definition) is 4. The molecule has 0 unspecified atom stereocenters. The van der Waals surface area contributed by atoms with Crippen LogP contribution in [0.15, 0.2) is 12.3 Å². The van der Waals surface area contributed by atoms with E-state index in [-0.39, 0.29) is 22.7 Å². The van der Waals surface area contributed by atoms with Gasteiger partial charge >= 0.3 is 0 Å². The Bertz CT molecular complexity index is 504. The number of carbonyl (C=O) groups is 2. The molecule has 2 atom stereocenters. The number of carbonyl (C=O) groups excluding carboxylic acids is 2. The number of hydrogen-bond donors (Lipinski definition) is 2. The Hall–Kier alpha value is -1.50. The maximum atomic E-state index is 12.2. The second-order valence-corrected chi connectivity index (χ2v) is 6.57. The summed E-state index contributed by atoms with van der Waals surface area (Å²) in [6.07, 6.45) is 3.03. The van der Waals surface area contributed by atoms with Crippen LogP contribution in [0.4, 0.5) is 0 Å². The van der Waals surface area contributed by atoms with Gasteiger partial charge in [-0.15, -0.1) is 11.8 Å². The van der Waals surface area contributed by atoms with Gasteiger partial charge in [0, 0.05) is 18.4 Å². The summed E-state index contributed by atoms with van der Waals surface area (Å²) in [5.41, 5.74) is 0.856. The molecule has 3 heterocycles. The Morgan fingerprint density at radius 2 is 2.58 bits per heavy atom. The van der Waals surface area contributed by atoms with E-state index in [1.54, 1.807) is 22.9 Å². The highest BCUT2D eigenvalue weighted by Crippen LogP contribution is 2.47. The first kappa shape index (κ1) is 12.5. The number of thioether (sulfide) groups is 1. The lowest BCUT2D eigenvalue weighted by atomic mass is 10.2. The van der Waals surface area contributed by atoms with Crippen molar-refractivity contribution >= 4 is 23.6 Å². The van der Waals surface area contributed by atoms with E-state index in [0.717, 1.165) is 12.1 Å². The van der Waals surface area contributed by atoms with Crippen LogP contribution < -0.4 is 5.32 Å². The van der Waals surface area contributed by atoms with Gasteiger partial charge < -0.3 is 10.2 Å². The molecule has 0 bridgehead atoms. The normalized spacial score (nSPS) is 29.6. The van der Waals surface area contributed by atoms with Gasteiger partial charge in [0.05, 0.1) is 17.1 Å². The van der Waals surface area contributed by atoms with Gasteiger partial charge in [0.25, 0.3) is 0 Å². The second-order valence-electron chi connectivity index (χ2n) is 5.07. The predicted molar refractivity (Wildman–Crippen MR) is 71.2 cm³/mol. The van der Waals surface area contributed by atoms with E-state index in [0.29, 0.717) is 18.7 Å². The zero-order valence-corrected chi connectivity index (χ0v) is 11.5. The van der Waals surface area contributed by atoms with Gasteiger partial charge in [-0.25, -0.2) is 0 Å². The highest BCUT2D eigenvalue weighted by molar-refractivity contribution is 8.01. The van der Waals surface area contributed by atoms with Crippen LogP contribution in [0.1, 0.15) is 25.5 Å². The minimum Gasteiger partial charge on any atom is -0.349 e. The summed E-state index contributed by atoms with van der Waals surface area (Å²) in [6.45, 7) is 2.46. The third kappa shape index (κ3) is 2.11. The van der Waals surface area contributed by atoms with Crippen LogP contribution in [-0.4, -0.2) is 43.6 Å². The lowest BCUT2D eigenvalue weighted by molar-refractivity contribution is -0.138. The van der Waals surface area contributed by atoms with Crippen molar-refractivity contribution in [1.29, 1.82) is 0 Å². The third-order valence-corrected chi connectivity index (χ3v) is 5.26. The van der Waals surface area contributed by atoms with Crippen molar-refractivity contribution in [2.24, 2.45) is 0 Å². The Balaban J connectivity index is 1.66. The van der Waals surface area contributed by atoms with Crippen molar-refractivity contribution in [3.8, 4) is 0 Å². The van der Waals surface area contributed by atoms with Gasteiger partial charge in [0.1, 0.15) is 6.04 Å². The van der Waals surface area contributed by atoms with Crippen molar-refractivity contribution in [3.05, 3.63) is 18.0 Å². The molecule has 2 fully saturated rings. The van der Waals surface area contributed by atoms with Gasteiger partial charge in [-0.2, -0.15) is 5.10 Å². The van der Waals surface area contributed by atoms with Crippen LogP contribution in [0.2, 0.25) is 0 Å². The summed E-state index contributed by atoms with van der Waals surface area (Å²) in [5, 5.41) is 9.48. The summed E-state index contributed by atoms with van der Waals surface area (Å²) in [4.78, 5) is 25.7. The molecule has 0 aliphatic carbocycles. The van der Waals surface area contributed by atoms with Gasteiger partial charge in [0.2, 0.25) is 11.8 Å². The van der Waals surface area contributed by atoms with Crippen LogP contribution in [-0.2, 0) is 16.1 Å². The molecule has 7 heteroatoms. The van der Waals surface area contributed by atoms with Gasteiger partial charge in [0.15, 0.2) is 0 Å². The average molecular weight is 280 g/mol. The molecule has 3 rings (SSSR count). The topological polar surface area (TPSA) is 78.1 Å². The monoisotopic (exact) mass is 280 g/mol. The molecule has 6 nitrogen and oxygen atoms in total. The SMILES string of the molecule is C[C@@]12CCC(=O)N1[C@H](C(=O)NCc1ccn[nH]1)CS2. The van der Waals surface area contributed by atoms with Crippen molar-refractivity contribution in [2.75, 3.05) is 5.75 Å². The highest BCUT2D eigenvalue weighted by atomic mass is 32.2. The van der Waals surface area contributed by atoms with E-state index in [2.05, 4.69) is 15.5 Å². The Labute approximate surface area is 115 Å². The summed E-state index contributed by atoms with van der Waals surface area (Å²) < 4.78 is 0. The molecule has 0 saturated carbocycles. The quantitative estimate of drug-likeness (QED) is 0.844. The molecule has 2 saturated heterocycles. The Morgan fingerprint density at radius 1 is 1.74 bits per heavy atom. The van der Waals surface area contributed by atoms with Gasteiger partial charge in [-0.05, 0) is 19.4 Å². The minimum atomic E-state index is -0.340. The molecule has 2 aliphatic heterocycles. The minimum absolute atomic E-state index is 0.0823. The van der Waals surface area contributed by atoms with Gasteiger partial charge in [-0.1, -0.05) is 0 Å². The van der Waals surface area contributed by atoms with Crippen LogP contribution in [0, 0.1) is 0 Å². The van der Waals surface area contributed by atoms with E-state index in [4.69, 9.17) is 0 Å². The lowest BCUT2D eigenvalue weighted by Crippen LogP contribution is -2.49. The van der Waals surface area contributed by atoms with Crippen molar-refractivity contribution < 1.29 is 9.59 Å². The van der Waals surface area contributed by atoms with Gasteiger partial charge in [-0.3, -0.25) is 14.7 Å². The molecule has 19 heavy (non-hydrogen) atoms.